The third kappa shape index (κ3) is 2.35. The zero-order valence-electron chi connectivity index (χ0n) is 10.1. The highest BCUT2D eigenvalue weighted by Gasteiger charge is 2.11. The number of fused-ring (bicyclic) bond motifs is 1. The zero-order chi connectivity index (χ0) is 14.3. The summed E-state index contributed by atoms with van der Waals surface area (Å²) in [6.07, 6.45) is 0. The van der Waals surface area contributed by atoms with Gasteiger partial charge in [-0.25, -0.2) is 13.6 Å². The van der Waals surface area contributed by atoms with E-state index in [9.17, 15) is 13.6 Å². The van der Waals surface area contributed by atoms with Crippen LogP contribution in [0.4, 0.5) is 8.78 Å². The molecular weight excluding hydrogens is 379 g/mol. The van der Waals surface area contributed by atoms with E-state index in [0.717, 1.165) is 15.7 Å². The summed E-state index contributed by atoms with van der Waals surface area (Å²) in [7, 11) is 0. The minimum absolute atomic E-state index is 0.128. The Balaban J connectivity index is 2.10. The lowest BCUT2D eigenvalue weighted by atomic mass is 10.2. The molecule has 3 nitrogen and oxygen atoms in total. The summed E-state index contributed by atoms with van der Waals surface area (Å²) in [4.78, 5) is 11.8. The van der Waals surface area contributed by atoms with Gasteiger partial charge in [0.25, 0.3) is 0 Å². The highest BCUT2D eigenvalue weighted by molar-refractivity contribution is 14.1. The van der Waals surface area contributed by atoms with E-state index in [1.54, 1.807) is 12.1 Å². The molecule has 0 spiro atoms. The molecule has 3 rings (SSSR count). The van der Waals surface area contributed by atoms with Crippen LogP contribution in [0.5, 0.6) is 0 Å². The summed E-state index contributed by atoms with van der Waals surface area (Å²) in [5.41, 5.74) is 1.59. The first-order chi connectivity index (χ1) is 9.54. The van der Waals surface area contributed by atoms with Gasteiger partial charge < -0.3 is 4.42 Å². The number of halogens is 3. The van der Waals surface area contributed by atoms with Crippen molar-refractivity contribution in [3.8, 4) is 0 Å². The predicted octanol–water partition coefficient (Wildman–Crippen LogP) is 3.53. The van der Waals surface area contributed by atoms with E-state index >= 15 is 0 Å². The maximum absolute atomic E-state index is 13.2. The van der Waals surface area contributed by atoms with Crippen molar-refractivity contribution >= 4 is 33.7 Å². The first-order valence-electron chi connectivity index (χ1n) is 5.77. The highest BCUT2D eigenvalue weighted by Crippen LogP contribution is 2.18. The zero-order valence-corrected chi connectivity index (χ0v) is 12.2. The Morgan fingerprint density at radius 1 is 1.10 bits per heavy atom. The average molecular weight is 387 g/mol. The summed E-state index contributed by atoms with van der Waals surface area (Å²) in [5, 5.41) is 0. The van der Waals surface area contributed by atoms with Gasteiger partial charge in [0.1, 0.15) is 0 Å². The van der Waals surface area contributed by atoms with Gasteiger partial charge in [-0.3, -0.25) is 4.57 Å². The van der Waals surface area contributed by atoms with Gasteiger partial charge >= 0.3 is 5.76 Å². The minimum atomic E-state index is -0.932. The van der Waals surface area contributed by atoms with Crippen LogP contribution in [0.25, 0.3) is 11.1 Å². The topological polar surface area (TPSA) is 35.1 Å². The monoisotopic (exact) mass is 387 g/mol. The van der Waals surface area contributed by atoms with E-state index in [-0.39, 0.29) is 6.54 Å². The van der Waals surface area contributed by atoms with Crippen molar-refractivity contribution in [2.24, 2.45) is 0 Å². The molecule has 0 bridgehead atoms. The third-order valence-corrected chi connectivity index (χ3v) is 3.63. The van der Waals surface area contributed by atoms with E-state index in [2.05, 4.69) is 22.6 Å². The van der Waals surface area contributed by atoms with Crippen LogP contribution in [-0.4, -0.2) is 4.57 Å². The first-order valence-corrected chi connectivity index (χ1v) is 6.85. The summed E-state index contributed by atoms with van der Waals surface area (Å²) >= 11 is 2.13. The van der Waals surface area contributed by atoms with Crippen molar-refractivity contribution in [1.29, 1.82) is 0 Å². The fraction of sp³-hybridized carbons (Fsp3) is 0.0714. The van der Waals surface area contributed by atoms with Gasteiger partial charge in [-0.2, -0.15) is 0 Å². The van der Waals surface area contributed by atoms with E-state index in [1.807, 2.05) is 6.07 Å². The molecule has 0 unspecified atom stereocenters. The largest absolute Gasteiger partial charge is 0.420 e. The third-order valence-electron chi connectivity index (χ3n) is 2.95. The number of hydrogen-bond donors (Lipinski definition) is 0. The molecular formula is C14H8F2INO2. The number of benzene rings is 2. The van der Waals surface area contributed by atoms with E-state index in [0.29, 0.717) is 16.7 Å². The van der Waals surface area contributed by atoms with Crippen LogP contribution in [0.2, 0.25) is 0 Å². The smallest absolute Gasteiger partial charge is 0.408 e. The summed E-state index contributed by atoms with van der Waals surface area (Å²) in [6, 6.07) is 8.91. The fourth-order valence-electron chi connectivity index (χ4n) is 2.01. The normalized spacial score (nSPS) is 11.2. The van der Waals surface area contributed by atoms with Crippen molar-refractivity contribution in [2.45, 2.75) is 6.54 Å². The van der Waals surface area contributed by atoms with E-state index in [1.165, 1.54) is 10.6 Å². The standard InChI is InChI=1S/C14H8F2INO2/c15-10-3-1-8(5-11(10)16)7-18-12-6-9(17)2-4-13(12)20-14(18)19/h1-6H,7H2. The molecule has 0 aliphatic heterocycles. The van der Waals surface area contributed by atoms with Crippen LogP contribution in [-0.2, 0) is 6.54 Å². The number of hydrogen-bond acceptors (Lipinski definition) is 2. The second-order valence-electron chi connectivity index (χ2n) is 4.31. The maximum atomic E-state index is 13.2. The Morgan fingerprint density at radius 3 is 2.65 bits per heavy atom. The first kappa shape index (κ1) is 13.3. The molecule has 6 heteroatoms. The molecule has 1 heterocycles. The summed E-state index contributed by atoms with van der Waals surface area (Å²) in [5.74, 6) is -2.36. The van der Waals surface area contributed by atoms with Gasteiger partial charge in [0.05, 0.1) is 12.1 Å². The Bertz CT molecular complexity index is 854. The lowest BCUT2D eigenvalue weighted by Crippen LogP contribution is -2.15. The van der Waals surface area contributed by atoms with Crippen molar-refractivity contribution in [1.82, 2.24) is 4.57 Å². The molecule has 0 amide bonds. The lowest BCUT2D eigenvalue weighted by molar-refractivity contribution is 0.502. The van der Waals surface area contributed by atoms with Crippen LogP contribution in [0.3, 0.4) is 0 Å². The van der Waals surface area contributed by atoms with Gasteiger partial charge in [-0.1, -0.05) is 6.07 Å². The van der Waals surface area contributed by atoms with Gasteiger partial charge in [0.15, 0.2) is 17.2 Å². The second kappa shape index (κ2) is 5.01. The Hall–Kier alpha value is -1.70. The van der Waals surface area contributed by atoms with Crippen LogP contribution in [0.1, 0.15) is 5.56 Å². The molecule has 20 heavy (non-hydrogen) atoms. The van der Waals surface area contributed by atoms with Crippen molar-refractivity contribution in [3.63, 3.8) is 0 Å². The van der Waals surface area contributed by atoms with Crippen LogP contribution >= 0.6 is 22.6 Å². The molecule has 102 valence electrons. The molecule has 3 aromatic rings. The van der Waals surface area contributed by atoms with Gasteiger partial charge in [-0.05, 0) is 58.5 Å². The van der Waals surface area contributed by atoms with Crippen LogP contribution < -0.4 is 5.76 Å². The van der Waals surface area contributed by atoms with Crippen LogP contribution in [0.15, 0.2) is 45.6 Å². The van der Waals surface area contributed by atoms with Gasteiger partial charge in [0.2, 0.25) is 0 Å². The van der Waals surface area contributed by atoms with Crippen molar-refractivity contribution in [3.05, 3.63) is 67.7 Å². The maximum Gasteiger partial charge on any atom is 0.420 e. The molecule has 0 aliphatic rings. The Labute approximate surface area is 126 Å². The van der Waals surface area contributed by atoms with E-state index in [4.69, 9.17) is 4.42 Å². The molecule has 0 atom stereocenters. The highest BCUT2D eigenvalue weighted by atomic mass is 127. The van der Waals surface area contributed by atoms with Gasteiger partial charge in [-0.15, -0.1) is 0 Å². The quantitative estimate of drug-likeness (QED) is 0.631. The molecule has 0 saturated heterocycles. The molecule has 0 fully saturated rings. The molecule has 0 N–H and O–H groups in total. The molecule has 2 aromatic carbocycles. The number of aromatic nitrogens is 1. The number of nitrogens with zero attached hydrogens (tertiary/aromatic N) is 1. The van der Waals surface area contributed by atoms with Crippen molar-refractivity contribution < 1.29 is 13.2 Å². The minimum Gasteiger partial charge on any atom is -0.408 e. The van der Waals surface area contributed by atoms with Gasteiger partial charge in [0, 0.05) is 3.57 Å². The van der Waals surface area contributed by atoms with Crippen molar-refractivity contribution in [2.75, 3.05) is 0 Å². The average Bonchev–Trinajstić information content (AvgIpc) is 2.70. The van der Waals surface area contributed by atoms with E-state index < -0.39 is 17.4 Å². The van der Waals surface area contributed by atoms with Crippen LogP contribution in [0, 0.1) is 15.2 Å². The molecule has 0 radical (unpaired) electrons. The second-order valence-corrected chi connectivity index (χ2v) is 5.56. The predicted molar refractivity (Wildman–Crippen MR) is 78.7 cm³/mol. The molecule has 0 saturated carbocycles. The fourth-order valence-corrected chi connectivity index (χ4v) is 2.48. The molecule has 0 aliphatic carbocycles. The Kier molecular flexibility index (Phi) is 3.33. The summed E-state index contributed by atoms with van der Waals surface area (Å²) < 4.78 is 33.6. The lowest BCUT2D eigenvalue weighted by Gasteiger charge is -2.03. The SMILES string of the molecule is O=c1oc2ccc(I)cc2n1Cc1ccc(F)c(F)c1. The Morgan fingerprint density at radius 2 is 1.90 bits per heavy atom. The molecule has 1 aromatic heterocycles. The number of oxazole rings is 1. The number of rotatable bonds is 2. The summed E-state index contributed by atoms with van der Waals surface area (Å²) in [6.45, 7) is 0.128.